The molecule has 0 saturated carbocycles. The Labute approximate surface area is 190 Å². The van der Waals surface area contributed by atoms with Crippen molar-refractivity contribution in [1.29, 1.82) is 0 Å². The lowest BCUT2D eigenvalue weighted by molar-refractivity contribution is -0.159. The summed E-state index contributed by atoms with van der Waals surface area (Å²) in [6, 6.07) is 5.81. The van der Waals surface area contributed by atoms with Gasteiger partial charge in [0.1, 0.15) is 23.7 Å². The van der Waals surface area contributed by atoms with E-state index in [0.717, 1.165) is 0 Å². The topological polar surface area (TPSA) is 101 Å². The van der Waals surface area contributed by atoms with Gasteiger partial charge in [0, 0.05) is 22.2 Å². The number of pyridine rings is 1. The van der Waals surface area contributed by atoms with Crippen molar-refractivity contribution in [3.63, 3.8) is 0 Å². The van der Waals surface area contributed by atoms with Crippen LogP contribution in [-0.4, -0.2) is 43.5 Å². The minimum absolute atomic E-state index is 0.368. The molecule has 0 N–H and O–H groups in total. The van der Waals surface area contributed by atoms with Crippen LogP contribution in [0.15, 0.2) is 41.6 Å². The number of hydrogen-bond donors (Lipinski definition) is 0. The molecule has 1 atom stereocenters. The Morgan fingerprint density at radius 1 is 1.22 bits per heavy atom. The number of nitrogens with zero attached hydrogens (tertiary/aromatic N) is 5. The number of rotatable bonds is 7. The minimum atomic E-state index is -0.770. The number of ether oxygens (including phenoxy) is 2. The lowest BCUT2D eigenvalue weighted by Crippen LogP contribution is -2.34. The molecule has 170 valence electrons. The summed E-state index contributed by atoms with van der Waals surface area (Å²) in [4.78, 5) is 26.0. The molecule has 0 aliphatic heterocycles. The number of tetrazole rings is 1. The van der Waals surface area contributed by atoms with Gasteiger partial charge in [-0.2, -0.15) is 4.68 Å². The molecule has 0 radical (unpaired) electrons. The maximum absolute atomic E-state index is 13.2. The van der Waals surface area contributed by atoms with E-state index in [1.54, 1.807) is 39.0 Å². The number of carbonyl (C=O) groups excluding carboxylic acids is 1. The highest BCUT2D eigenvalue weighted by Gasteiger charge is 2.28. The molecule has 0 spiro atoms. The molecule has 3 rings (SSSR count). The van der Waals surface area contributed by atoms with Crippen molar-refractivity contribution < 1.29 is 14.3 Å². The predicted molar refractivity (Wildman–Crippen MR) is 120 cm³/mol. The standard InChI is InChI=1S/C22H26ClN5O4/c1-6-7-18(21(30)32-22(2,3)4)27-12-19(31-5)16(11-20(27)29)15-10-14(23)8-9-17(15)28-13-24-25-26-28/h8-13,18H,6-7H2,1-5H3. The Kier molecular flexibility index (Phi) is 6.98. The van der Waals surface area contributed by atoms with Crippen LogP contribution in [-0.2, 0) is 9.53 Å². The van der Waals surface area contributed by atoms with E-state index < -0.39 is 17.6 Å². The molecule has 0 amide bonds. The van der Waals surface area contributed by atoms with E-state index in [0.29, 0.717) is 40.4 Å². The molecule has 10 heteroatoms. The normalized spacial score (nSPS) is 12.4. The lowest BCUT2D eigenvalue weighted by Gasteiger charge is -2.25. The molecule has 9 nitrogen and oxygen atoms in total. The van der Waals surface area contributed by atoms with Gasteiger partial charge in [0.25, 0.3) is 5.56 Å². The largest absolute Gasteiger partial charge is 0.495 e. The van der Waals surface area contributed by atoms with Crippen LogP contribution in [0.2, 0.25) is 5.02 Å². The van der Waals surface area contributed by atoms with Crippen molar-refractivity contribution in [1.82, 2.24) is 24.8 Å². The fourth-order valence-corrected chi connectivity index (χ4v) is 3.53. The predicted octanol–water partition coefficient (Wildman–Crippen LogP) is 3.84. The number of esters is 1. The van der Waals surface area contributed by atoms with E-state index in [-0.39, 0.29) is 5.56 Å². The van der Waals surface area contributed by atoms with Gasteiger partial charge in [0.05, 0.1) is 19.0 Å². The summed E-state index contributed by atoms with van der Waals surface area (Å²) in [5.74, 6) is -0.0701. The van der Waals surface area contributed by atoms with Crippen molar-refractivity contribution in [3.8, 4) is 22.6 Å². The number of aromatic nitrogens is 5. The number of halogens is 1. The second-order valence-electron chi connectivity index (χ2n) is 8.25. The monoisotopic (exact) mass is 459 g/mol. The zero-order valence-corrected chi connectivity index (χ0v) is 19.5. The molecular formula is C22H26ClN5O4. The zero-order valence-electron chi connectivity index (χ0n) is 18.7. The Bertz CT molecular complexity index is 1150. The summed E-state index contributed by atoms with van der Waals surface area (Å²) in [7, 11) is 1.50. The van der Waals surface area contributed by atoms with Crippen molar-refractivity contribution >= 4 is 17.6 Å². The fourth-order valence-electron chi connectivity index (χ4n) is 3.35. The third-order valence-corrected chi connectivity index (χ3v) is 4.92. The van der Waals surface area contributed by atoms with Crippen LogP contribution in [0.25, 0.3) is 16.8 Å². The average Bonchev–Trinajstić information content (AvgIpc) is 3.25. The van der Waals surface area contributed by atoms with Gasteiger partial charge in [-0.1, -0.05) is 24.9 Å². The number of hydrogen-bond acceptors (Lipinski definition) is 7. The molecule has 0 fully saturated rings. The van der Waals surface area contributed by atoms with Crippen LogP contribution in [0.1, 0.15) is 46.6 Å². The second-order valence-corrected chi connectivity index (χ2v) is 8.69. The van der Waals surface area contributed by atoms with Gasteiger partial charge < -0.3 is 9.47 Å². The molecule has 2 aromatic heterocycles. The van der Waals surface area contributed by atoms with Crippen molar-refractivity contribution in [2.75, 3.05) is 7.11 Å². The summed E-state index contributed by atoms with van der Waals surface area (Å²) < 4.78 is 14.0. The van der Waals surface area contributed by atoms with Gasteiger partial charge in [-0.3, -0.25) is 9.36 Å². The van der Waals surface area contributed by atoms with Crippen LogP contribution >= 0.6 is 11.6 Å². The second kappa shape index (κ2) is 9.52. The van der Waals surface area contributed by atoms with Crippen LogP contribution in [0.3, 0.4) is 0 Å². The van der Waals surface area contributed by atoms with E-state index in [2.05, 4.69) is 15.5 Å². The first-order valence-electron chi connectivity index (χ1n) is 10.2. The first-order chi connectivity index (χ1) is 15.1. The van der Waals surface area contributed by atoms with Gasteiger partial charge >= 0.3 is 5.97 Å². The number of methoxy groups -OCH3 is 1. The molecular weight excluding hydrogens is 434 g/mol. The summed E-state index contributed by atoms with van der Waals surface area (Å²) in [5, 5.41) is 11.8. The quantitative estimate of drug-likeness (QED) is 0.494. The number of benzene rings is 1. The van der Waals surface area contributed by atoms with Crippen LogP contribution in [0.5, 0.6) is 5.75 Å². The highest BCUT2D eigenvalue weighted by atomic mass is 35.5. The minimum Gasteiger partial charge on any atom is -0.495 e. The number of carbonyl (C=O) groups is 1. The van der Waals surface area contributed by atoms with Gasteiger partial charge in [0.15, 0.2) is 0 Å². The first kappa shape index (κ1) is 23.5. The van der Waals surface area contributed by atoms with Gasteiger partial charge in [-0.25, -0.2) is 4.79 Å². The highest BCUT2D eigenvalue weighted by Crippen LogP contribution is 2.35. The van der Waals surface area contributed by atoms with Crippen LogP contribution in [0, 0.1) is 0 Å². The molecule has 1 aromatic carbocycles. The van der Waals surface area contributed by atoms with Crippen molar-refractivity contribution in [3.05, 3.63) is 52.2 Å². The zero-order chi connectivity index (χ0) is 23.5. The summed E-state index contributed by atoms with van der Waals surface area (Å²) in [6.07, 6.45) is 4.12. The van der Waals surface area contributed by atoms with E-state index in [4.69, 9.17) is 21.1 Å². The third kappa shape index (κ3) is 5.16. The van der Waals surface area contributed by atoms with Gasteiger partial charge in [-0.15, -0.1) is 5.10 Å². The third-order valence-electron chi connectivity index (χ3n) is 4.69. The smallest absolute Gasteiger partial charge is 0.329 e. The summed E-state index contributed by atoms with van der Waals surface area (Å²) >= 11 is 6.24. The van der Waals surface area contributed by atoms with E-state index >= 15 is 0 Å². The molecule has 3 aromatic rings. The fraction of sp³-hybridized carbons (Fsp3) is 0.409. The van der Waals surface area contributed by atoms with Gasteiger partial charge in [-0.05, 0) is 55.8 Å². The van der Waals surface area contributed by atoms with E-state index in [1.165, 1.54) is 34.9 Å². The molecule has 2 heterocycles. The highest BCUT2D eigenvalue weighted by molar-refractivity contribution is 6.31. The Balaban J connectivity index is 2.15. The molecule has 0 saturated heterocycles. The average molecular weight is 460 g/mol. The maximum atomic E-state index is 13.2. The molecule has 32 heavy (non-hydrogen) atoms. The molecule has 1 unspecified atom stereocenters. The SMILES string of the molecule is CCCC(C(=O)OC(C)(C)C)n1cc(OC)c(-c2cc(Cl)ccc2-n2cnnn2)cc1=O. The lowest BCUT2D eigenvalue weighted by atomic mass is 10.0. The Morgan fingerprint density at radius 2 is 1.97 bits per heavy atom. The van der Waals surface area contributed by atoms with Crippen molar-refractivity contribution in [2.45, 2.75) is 52.2 Å². The summed E-state index contributed by atoms with van der Waals surface area (Å²) in [6.45, 7) is 7.32. The van der Waals surface area contributed by atoms with Crippen LogP contribution < -0.4 is 10.3 Å². The molecule has 0 aliphatic rings. The van der Waals surface area contributed by atoms with Gasteiger partial charge in [0.2, 0.25) is 0 Å². The Morgan fingerprint density at radius 3 is 2.56 bits per heavy atom. The maximum Gasteiger partial charge on any atom is 0.329 e. The van der Waals surface area contributed by atoms with E-state index in [9.17, 15) is 9.59 Å². The molecule has 0 aliphatic carbocycles. The van der Waals surface area contributed by atoms with Crippen molar-refractivity contribution in [2.24, 2.45) is 0 Å². The Hall–Kier alpha value is -3.20. The van der Waals surface area contributed by atoms with E-state index in [1.807, 2.05) is 6.92 Å². The first-order valence-corrected chi connectivity index (χ1v) is 10.6. The molecule has 0 bridgehead atoms. The van der Waals surface area contributed by atoms with Crippen LogP contribution in [0.4, 0.5) is 0 Å². The summed E-state index contributed by atoms with van der Waals surface area (Å²) in [5.41, 5.74) is 0.689.